The summed E-state index contributed by atoms with van der Waals surface area (Å²) < 4.78 is 0. The van der Waals surface area contributed by atoms with E-state index in [1.165, 1.54) is 0 Å². The number of aryl methyl sites for hydroxylation is 1. The van der Waals surface area contributed by atoms with Gasteiger partial charge in [-0.25, -0.2) is 0 Å². The summed E-state index contributed by atoms with van der Waals surface area (Å²) in [5.41, 5.74) is 7.47. The Morgan fingerprint density at radius 3 is 2.62 bits per heavy atom. The van der Waals surface area contributed by atoms with Gasteiger partial charge in [-0.2, -0.15) is 0 Å². The quantitative estimate of drug-likeness (QED) is 0.820. The Morgan fingerprint density at radius 1 is 1.50 bits per heavy atom. The average molecular weight is 240 g/mol. The molecule has 0 aromatic heterocycles. The van der Waals surface area contributed by atoms with Gasteiger partial charge >= 0.3 is 0 Å². The van der Waals surface area contributed by atoms with Gasteiger partial charge in [-0.1, -0.05) is 44.0 Å². The molecule has 2 unspecified atom stereocenters. The van der Waals surface area contributed by atoms with Crippen molar-refractivity contribution in [3.05, 3.63) is 34.3 Å². The van der Waals surface area contributed by atoms with E-state index < -0.39 is 6.04 Å². The second kappa shape index (κ2) is 5.46. The number of halogens is 1. The molecule has 0 fully saturated rings. The largest absolute Gasteiger partial charge is 0.321 e. The molecule has 2 atom stereocenters. The van der Waals surface area contributed by atoms with Crippen LogP contribution in [0.15, 0.2) is 18.2 Å². The number of benzene rings is 1. The highest BCUT2D eigenvalue weighted by atomic mass is 35.5. The number of nitrogens with two attached hydrogens (primary N) is 1. The summed E-state index contributed by atoms with van der Waals surface area (Å²) >= 11 is 5.98. The summed E-state index contributed by atoms with van der Waals surface area (Å²) in [5.74, 6) is 0.156. The summed E-state index contributed by atoms with van der Waals surface area (Å²) in [6.07, 6.45) is 0.895. The van der Waals surface area contributed by atoms with E-state index in [2.05, 4.69) is 0 Å². The van der Waals surface area contributed by atoms with Crippen molar-refractivity contribution >= 4 is 17.4 Å². The lowest BCUT2D eigenvalue weighted by molar-refractivity contribution is 0.0935. The van der Waals surface area contributed by atoms with Gasteiger partial charge in [0.05, 0.1) is 6.04 Å². The number of hydrogen-bond acceptors (Lipinski definition) is 2. The zero-order valence-electron chi connectivity index (χ0n) is 9.96. The van der Waals surface area contributed by atoms with Gasteiger partial charge in [-0.3, -0.25) is 4.79 Å². The highest BCUT2D eigenvalue weighted by Crippen LogP contribution is 2.19. The zero-order chi connectivity index (χ0) is 12.3. The van der Waals surface area contributed by atoms with Crippen molar-refractivity contribution in [2.75, 3.05) is 0 Å². The number of hydrogen-bond donors (Lipinski definition) is 1. The fraction of sp³-hybridized carbons (Fsp3) is 0.462. The first kappa shape index (κ1) is 13.2. The van der Waals surface area contributed by atoms with E-state index in [1.807, 2.05) is 26.8 Å². The Balaban J connectivity index is 2.92. The van der Waals surface area contributed by atoms with E-state index in [0.29, 0.717) is 10.6 Å². The van der Waals surface area contributed by atoms with E-state index in [-0.39, 0.29) is 11.7 Å². The molecular weight excluding hydrogens is 222 g/mol. The maximum Gasteiger partial charge on any atom is 0.179 e. The second-order valence-corrected chi connectivity index (χ2v) is 4.65. The molecule has 0 aliphatic carbocycles. The maximum atomic E-state index is 12.0. The minimum absolute atomic E-state index is 0.0312. The Bertz CT molecular complexity index is 390. The molecule has 0 spiro atoms. The van der Waals surface area contributed by atoms with E-state index in [0.717, 1.165) is 12.0 Å². The van der Waals surface area contributed by atoms with Crippen LogP contribution in [0.5, 0.6) is 0 Å². The van der Waals surface area contributed by atoms with Crippen molar-refractivity contribution in [1.29, 1.82) is 0 Å². The number of ketones is 1. The molecule has 1 aromatic carbocycles. The van der Waals surface area contributed by atoms with Gasteiger partial charge in [0.15, 0.2) is 5.78 Å². The molecule has 16 heavy (non-hydrogen) atoms. The molecule has 3 heteroatoms. The fourth-order valence-corrected chi connectivity index (χ4v) is 1.63. The third kappa shape index (κ3) is 2.83. The molecule has 0 aliphatic rings. The topological polar surface area (TPSA) is 43.1 Å². The predicted octanol–water partition coefficient (Wildman–Crippen LogP) is 3.20. The number of rotatable bonds is 4. The fourth-order valence-electron chi connectivity index (χ4n) is 1.45. The molecule has 1 aromatic rings. The lowest BCUT2D eigenvalue weighted by Crippen LogP contribution is -2.36. The Hall–Kier alpha value is -0.860. The van der Waals surface area contributed by atoms with Gasteiger partial charge in [0.2, 0.25) is 0 Å². The molecule has 0 saturated carbocycles. The van der Waals surface area contributed by atoms with Crippen LogP contribution in [-0.4, -0.2) is 11.8 Å². The van der Waals surface area contributed by atoms with E-state index in [1.54, 1.807) is 12.1 Å². The summed E-state index contributed by atoms with van der Waals surface area (Å²) in [5, 5.41) is 0.613. The third-order valence-corrected chi connectivity index (χ3v) is 3.42. The van der Waals surface area contributed by atoms with Crippen LogP contribution in [0.1, 0.15) is 36.2 Å². The highest BCUT2D eigenvalue weighted by Gasteiger charge is 2.21. The van der Waals surface area contributed by atoms with Crippen molar-refractivity contribution in [2.45, 2.75) is 33.2 Å². The van der Waals surface area contributed by atoms with Gasteiger partial charge in [-0.15, -0.1) is 0 Å². The third-order valence-electron chi connectivity index (χ3n) is 3.02. The normalized spacial score (nSPS) is 14.6. The van der Waals surface area contributed by atoms with Gasteiger partial charge in [-0.05, 0) is 24.5 Å². The van der Waals surface area contributed by atoms with Crippen LogP contribution >= 0.6 is 11.6 Å². The minimum atomic E-state index is -0.441. The molecule has 1 rings (SSSR count). The van der Waals surface area contributed by atoms with Crippen LogP contribution in [0.2, 0.25) is 5.02 Å². The molecule has 2 nitrogen and oxygen atoms in total. The van der Waals surface area contributed by atoms with E-state index in [4.69, 9.17) is 17.3 Å². The van der Waals surface area contributed by atoms with Crippen LogP contribution in [0.25, 0.3) is 0 Å². The van der Waals surface area contributed by atoms with Crippen molar-refractivity contribution < 1.29 is 4.79 Å². The predicted molar refractivity (Wildman–Crippen MR) is 67.9 cm³/mol. The molecule has 0 heterocycles. The molecule has 2 N–H and O–H groups in total. The van der Waals surface area contributed by atoms with Crippen molar-refractivity contribution in [2.24, 2.45) is 11.7 Å². The van der Waals surface area contributed by atoms with E-state index >= 15 is 0 Å². The molecule has 0 saturated heterocycles. The van der Waals surface area contributed by atoms with Crippen molar-refractivity contribution in [3.63, 3.8) is 0 Å². The standard InChI is InChI=1S/C13H18ClNO/c1-4-8(2)12(15)13(16)10-6-5-9(3)11(14)7-10/h5-8,12H,4,15H2,1-3H3. The molecule has 0 bridgehead atoms. The first-order valence-corrected chi connectivity index (χ1v) is 5.91. The maximum absolute atomic E-state index is 12.0. The van der Waals surface area contributed by atoms with Crippen LogP contribution in [0.3, 0.4) is 0 Å². The van der Waals surface area contributed by atoms with E-state index in [9.17, 15) is 4.79 Å². The van der Waals surface area contributed by atoms with Crippen LogP contribution in [-0.2, 0) is 0 Å². The molecule has 88 valence electrons. The lowest BCUT2D eigenvalue weighted by atomic mass is 9.92. The van der Waals surface area contributed by atoms with Crippen molar-refractivity contribution in [1.82, 2.24) is 0 Å². The Labute approximate surface area is 102 Å². The minimum Gasteiger partial charge on any atom is -0.321 e. The lowest BCUT2D eigenvalue weighted by Gasteiger charge is -2.17. The second-order valence-electron chi connectivity index (χ2n) is 4.24. The molecule has 0 aliphatic heterocycles. The smallest absolute Gasteiger partial charge is 0.179 e. The highest BCUT2D eigenvalue weighted by molar-refractivity contribution is 6.31. The first-order valence-electron chi connectivity index (χ1n) is 5.53. The SMILES string of the molecule is CCC(C)C(N)C(=O)c1ccc(C)c(Cl)c1. The van der Waals surface area contributed by atoms with Gasteiger partial charge in [0.1, 0.15) is 0 Å². The Kier molecular flexibility index (Phi) is 4.51. The summed E-state index contributed by atoms with van der Waals surface area (Å²) in [6, 6.07) is 4.88. The van der Waals surface area contributed by atoms with Gasteiger partial charge in [0, 0.05) is 10.6 Å². The van der Waals surface area contributed by atoms with Gasteiger partial charge in [0.25, 0.3) is 0 Å². The number of carbonyl (C=O) groups excluding carboxylic acids is 1. The van der Waals surface area contributed by atoms with Crippen LogP contribution in [0, 0.1) is 12.8 Å². The van der Waals surface area contributed by atoms with Crippen LogP contribution < -0.4 is 5.73 Å². The molecule has 0 radical (unpaired) electrons. The summed E-state index contributed by atoms with van der Waals surface area (Å²) in [6.45, 7) is 5.92. The van der Waals surface area contributed by atoms with Crippen molar-refractivity contribution in [3.8, 4) is 0 Å². The summed E-state index contributed by atoms with van der Waals surface area (Å²) in [4.78, 5) is 12.0. The molecular formula is C13H18ClNO. The Morgan fingerprint density at radius 2 is 2.12 bits per heavy atom. The summed E-state index contributed by atoms with van der Waals surface area (Å²) in [7, 11) is 0. The van der Waals surface area contributed by atoms with Gasteiger partial charge < -0.3 is 5.73 Å². The number of carbonyl (C=O) groups is 1. The zero-order valence-corrected chi connectivity index (χ0v) is 10.7. The van der Waals surface area contributed by atoms with Crippen LogP contribution in [0.4, 0.5) is 0 Å². The first-order chi connectivity index (χ1) is 7.47. The molecule has 0 amide bonds. The monoisotopic (exact) mass is 239 g/mol. The number of Topliss-reactive ketones (excluding diaryl/α,β-unsaturated/α-hetero) is 1. The average Bonchev–Trinajstić information content (AvgIpc) is 2.29.